The van der Waals surface area contributed by atoms with E-state index in [1.54, 1.807) is 18.2 Å². The third-order valence-corrected chi connectivity index (χ3v) is 5.18. The van der Waals surface area contributed by atoms with Crippen molar-refractivity contribution in [2.75, 3.05) is 0 Å². The van der Waals surface area contributed by atoms with Crippen molar-refractivity contribution in [2.45, 2.75) is 25.4 Å². The Bertz CT molecular complexity index is 963. The number of primary amides is 1. The lowest BCUT2D eigenvalue weighted by Gasteiger charge is -2.13. The highest BCUT2D eigenvalue weighted by Gasteiger charge is 2.20. The van der Waals surface area contributed by atoms with Gasteiger partial charge in [0.2, 0.25) is 5.91 Å². The van der Waals surface area contributed by atoms with Crippen molar-refractivity contribution in [3.8, 4) is 11.1 Å². The minimum Gasteiger partial charge on any atom is -0.366 e. The second kappa shape index (κ2) is 8.55. The summed E-state index contributed by atoms with van der Waals surface area (Å²) in [4.78, 5) is 11.2. The first-order chi connectivity index (χ1) is 13.1. The van der Waals surface area contributed by atoms with Gasteiger partial charge in [-0.1, -0.05) is 42.5 Å². The van der Waals surface area contributed by atoms with E-state index >= 15 is 0 Å². The Morgan fingerprint density at radius 2 is 1.57 bits per heavy atom. The predicted molar refractivity (Wildman–Crippen MR) is 112 cm³/mol. The van der Waals surface area contributed by atoms with E-state index in [1.807, 2.05) is 18.2 Å². The molecule has 0 unspecified atom stereocenters. The van der Waals surface area contributed by atoms with Gasteiger partial charge in [0.05, 0.1) is 0 Å². The highest BCUT2D eigenvalue weighted by Crippen LogP contribution is 2.24. The number of nitrogens with two attached hydrogens (primary N) is 1. The third kappa shape index (κ3) is 4.24. The van der Waals surface area contributed by atoms with Gasteiger partial charge in [-0.2, -0.15) is 0 Å². The maximum Gasteiger partial charge on any atom is 0.248 e. The molecule has 0 aliphatic heterocycles. The zero-order valence-corrected chi connectivity index (χ0v) is 16.1. The lowest BCUT2D eigenvalue weighted by Crippen LogP contribution is -2.29. The lowest BCUT2D eigenvalue weighted by atomic mass is 10.0. The number of rotatable bonds is 5. The van der Waals surface area contributed by atoms with Gasteiger partial charge >= 0.3 is 0 Å². The Morgan fingerprint density at radius 3 is 2.18 bits per heavy atom. The molecule has 4 rings (SSSR count). The van der Waals surface area contributed by atoms with Gasteiger partial charge in [-0.15, -0.1) is 12.4 Å². The van der Waals surface area contributed by atoms with Crippen LogP contribution in [0.5, 0.6) is 0 Å². The molecule has 3 aromatic rings. The fourth-order valence-electron chi connectivity index (χ4n) is 3.67. The lowest BCUT2D eigenvalue weighted by molar-refractivity contribution is 0.100. The van der Waals surface area contributed by atoms with E-state index in [0.29, 0.717) is 23.7 Å². The maximum absolute atomic E-state index is 14.3. The van der Waals surface area contributed by atoms with E-state index in [0.717, 1.165) is 24.0 Å². The molecule has 0 saturated carbocycles. The SMILES string of the molecule is Cl.NC(=O)c1ccc(-c2ccc(F)c(CNC3Cc4ccccc4C3)c2)cc1. The van der Waals surface area contributed by atoms with Crippen molar-refractivity contribution in [1.29, 1.82) is 0 Å². The first kappa shape index (κ1) is 20.1. The standard InChI is InChI=1S/C23H21FN2O.ClH/c24-22-10-9-19(15-5-7-16(8-6-15)23(25)27)11-20(22)14-26-21-12-17-3-1-2-4-18(17)13-21;/h1-11,21,26H,12-14H2,(H2,25,27);1H. The largest absolute Gasteiger partial charge is 0.366 e. The topological polar surface area (TPSA) is 55.1 Å². The molecule has 1 aliphatic rings. The van der Waals surface area contributed by atoms with Crippen molar-refractivity contribution in [1.82, 2.24) is 5.32 Å². The van der Waals surface area contributed by atoms with E-state index in [2.05, 4.69) is 29.6 Å². The molecular weight excluding hydrogens is 375 g/mol. The summed E-state index contributed by atoms with van der Waals surface area (Å²) in [5.74, 6) is -0.668. The minimum atomic E-state index is -0.455. The Labute approximate surface area is 170 Å². The fraction of sp³-hybridized carbons (Fsp3) is 0.174. The Kier molecular flexibility index (Phi) is 6.12. The molecule has 0 saturated heterocycles. The van der Waals surface area contributed by atoms with Crippen LogP contribution in [0.2, 0.25) is 0 Å². The molecule has 1 aliphatic carbocycles. The summed E-state index contributed by atoms with van der Waals surface area (Å²) in [6.07, 6.45) is 1.96. The quantitative estimate of drug-likeness (QED) is 0.676. The van der Waals surface area contributed by atoms with Gasteiger partial charge in [0.15, 0.2) is 0 Å². The highest BCUT2D eigenvalue weighted by atomic mass is 35.5. The van der Waals surface area contributed by atoms with Crippen LogP contribution in [0.15, 0.2) is 66.7 Å². The summed E-state index contributed by atoms with van der Waals surface area (Å²) in [6.45, 7) is 0.484. The fourth-order valence-corrected chi connectivity index (χ4v) is 3.67. The zero-order chi connectivity index (χ0) is 18.8. The number of hydrogen-bond acceptors (Lipinski definition) is 2. The summed E-state index contributed by atoms with van der Waals surface area (Å²) in [7, 11) is 0. The first-order valence-electron chi connectivity index (χ1n) is 9.09. The molecule has 144 valence electrons. The van der Waals surface area contributed by atoms with E-state index in [4.69, 9.17) is 5.73 Å². The second-order valence-corrected chi connectivity index (χ2v) is 7.00. The molecule has 0 aromatic heterocycles. The van der Waals surface area contributed by atoms with Crippen LogP contribution in [-0.2, 0) is 19.4 Å². The average molecular weight is 397 g/mol. The molecule has 3 nitrogen and oxygen atoms in total. The van der Waals surface area contributed by atoms with Crippen LogP contribution in [0.25, 0.3) is 11.1 Å². The molecule has 5 heteroatoms. The van der Waals surface area contributed by atoms with E-state index < -0.39 is 5.91 Å². The zero-order valence-electron chi connectivity index (χ0n) is 15.3. The van der Waals surface area contributed by atoms with Crippen molar-refractivity contribution in [2.24, 2.45) is 5.73 Å². The Hall–Kier alpha value is -2.69. The molecular formula is C23H22ClFN2O. The summed E-state index contributed by atoms with van der Waals surface area (Å²) < 4.78 is 14.3. The molecule has 0 fully saturated rings. The van der Waals surface area contributed by atoms with Gasteiger partial charge in [-0.3, -0.25) is 4.79 Å². The Balaban J connectivity index is 0.00000225. The van der Waals surface area contributed by atoms with Crippen molar-refractivity contribution in [3.63, 3.8) is 0 Å². The maximum atomic E-state index is 14.3. The summed E-state index contributed by atoms with van der Waals surface area (Å²) in [6, 6.07) is 20.9. The third-order valence-electron chi connectivity index (χ3n) is 5.18. The van der Waals surface area contributed by atoms with Crippen LogP contribution in [-0.4, -0.2) is 11.9 Å². The van der Waals surface area contributed by atoms with E-state index in [-0.39, 0.29) is 18.2 Å². The number of hydrogen-bond donors (Lipinski definition) is 2. The minimum absolute atomic E-state index is 0. The van der Waals surface area contributed by atoms with Gasteiger partial charge in [0, 0.05) is 23.7 Å². The summed E-state index contributed by atoms with van der Waals surface area (Å²) >= 11 is 0. The highest BCUT2D eigenvalue weighted by molar-refractivity contribution is 5.93. The molecule has 3 N–H and O–H groups in total. The van der Waals surface area contributed by atoms with Crippen LogP contribution in [0, 0.1) is 5.82 Å². The molecule has 0 bridgehead atoms. The van der Waals surface area contributed by atoms with Gasteiger partial charge in [-0.05, 0) is 59.4 Å². The van der Waals surface area contributed by atoms with Crippen LogP contribution in [0.3, 0.4) is 0 Å². The van der Waals surface area contributed by atoms with Gasteiger partial charge in [0.25, 0.3) is 0 Å². The summed E-state index contributed by atoms with van der Waals surface area (Å²) in [5.41, 5.74) is 11.0. The van der Waals surface area contributed by atoms with Crippen LogP contribution < -0.4 is 11.1 Å². The monoisotopic (exact) mass is 396 g/mol. The molecule has 28 heavy (non-hydrogen) atoms. The summed E-state index contributed by atoms with van der Waals surface area (Å²) in [5, 5.41) is 3.49. The molecule has 0 radical (unpaired) electrons. The molecule has 1 amide bonds. The van der Waals surface area contributed by atoms with Crippen LogP contribution >= 0.6 is 12.4 Å². The number of benzene rings is 3. The van der Waals surface area contributed by atoms with Gasteiger partial charge in [-0.25, -0.2) is 4.39 Å². The number of nitrogens with one attached hydrogen (secondary N) is 1. The van der Waals surface area contributed by atoms with E-state index in [9.17, 15) is 9.18 Å². The number of fused-ring (bicyclic) bond motifs is 1. The predicted octanol–water partition coefficient (Wildman–Crippen LogP) is 4.27. The molecule has 0 atom stereocenters. The number of carbonyl (C=O) groups excluding carboxylic acids is 1. The van der Waals surface area contributed by atoms with Crippen LogP contribution in [0.1, 0.15) is 27.0 Å². The first-order valence-corrected chi connectivity index (χ1v) is 9.09. The normalized spacial score (nSPS) is 13.0. The average Bonchev–Trinajstić information content (AvgIpc) is 3.10. The van der Waals surface area contributed by atoms with Gasteiger partial charge < -0.3 is 11.1 Å². The van der Waals surface area contributed by atoms with Crippen LogP contribution in [0.4, 0.5) is 4.39 Å². The molecule has 0 heterocycles. The smallest absolute Gasteiger partial charge is 0.248 e. The molecule has 0 spiro atoms. The van der Waals surface area contributed by atoms with Crippen molar-refractivity contribution < 1.29 is 9.18 Å². The van der Waals surface area contributed by atoms with Crippen molar-refractivity contribution in [3.05, 3.63) is 94.8 Å². The Morgan fingerprint density at radius 1 is 0.964 bits per heavy atom. The number of amides is 1. The van der Waals surface area contributed by atoms with E-state index in [1.165, 1.54) is 17.2 Å². The van der Waals surface area contributed by atoms with Gasteiger partial charge in [0.1, 0.15) is 5.82 Å². The van der Waals surface area contributed by atoms with Crippen molar-refractivity contribution >= 4 is 18.3 Å². The molecule has 3 aromatic carbocycles. The number of halogens is 2. The number of carbonyl (C=O) groups is 1. The second-order valence-electron chi connectivity index (χ2n) is 7.00.